The van der Waals surface area contributed by atoms with Crippen molar-refractivity contribution in [2.24, 2.45) is 0 Å². The highest BCUT2D eigenvalue weighted by Crippen LogP contribution is 2.34. The third kappa shape index (κ3) is 8.73. The fourth-order valence-corrected chi connectivity index (χ4v) is 10.4. The fourth-order valence-electron chi connectivity index (χ4n) is 9.14. The van der Waals surface area contributed by atoms with Crippen LogP contribution in [0.5, 0.6) is 5.75 Å². The molecular weight excluding hydrogens is 852 g/mol. The molecule has 6 heterocycles. The van der Waals surface area contributed by atoms with Crippen LogP contribution in [0.3, 0.4) is 0 Å². The Hall–Kier alpha value is -6.11. The van der Waals surface area contributed by atoms with Gasteiger partial charge in [0.1, 0.15) is 29.4 Å². The molecule has 4 aliphatic heterocycles. The first-order chi connectivity index (χ1) is 30.8. The third-order valence-electron chi connectivity index (χ3n) is 12.7. The number of hydrogen-bond donors (Lipinski definition) is 3. The zero-order valence-electron chi connectivity index (χ0n) is 34.7. The molecule has 1 unspecified atom stereocenters. The van der Waals surface area contributed by atoms with Crippen LogP contribution in [0.25, 0.3) is 22.2 Å². The molecule has 3 saturated heterocycles. The number of ketones is 1. The highest BCUT2D eigenvalue weighted by molar-refractivity contribution is 7.90. The van der Waals surface area contributed by atoms with Crippen molar-refractivity contribution in [2.75, 3.05) is 44.1 Å². The number of alkyl halides is 1. The Morgan fingerprint density at radius 3 is 2.47 bits per heavy atom. The zero-order chi connectivity index (χ0) is 44.7. The highest BCUT2D eigenvalue weighted by atomic mass is 32.2. The van der Waals surface area contributed by atoms with Gasteiger partial charge in [-0.3, -0.25) is 29.2 Å². The number of amides is 3. The summed E-state index contributed by atoms with van der Waals surface area (Å²) in [4.78, 5) is 62.0. The number of ether oxygens (including phenoxy) is 1. The van der Waals surface area contributed by atoms with Crippen LogP contribution in [-0.2, 0) is 26.3 Å². The van der Waals surface area contributed by atoms with E-state index in [0.717, 1.165) is 72.9 Å². The number of benzene rings is 3. The molecule has 0 bridgehead atoms. The second-order valence-corrected chi connectivity index (χ2v) is 18.5. The normalized spacial score (nSPS) is 19.9. The highest BCUT2D eigenvalue weighted by Gasteiger charge is 2.39. The lowest BCUT2D eigenvalue weighted by atomic mass is 9.88. The summed E-state index contributed by atoms with van der Waals surface area (Å²) < 4.78 is 79.0. The van der Waals surface area contributed by atoms with Crippen molar-refractivity contribution < 1.29 is 45.5 Å². The lowest BCUT2D eigenvalue weighted by Gasteiger charge is -2.32. The summed E-state index contributed by atoms with van der Waals surface area (Å²) in [6.07, 6.45) is 6.00. The number of H-pyrrole nitrogens is 1. The number of carbonyl (C=O) groups excluding carboxylic acids is 4. The number of aromatic amines is 1. The number of nitrogens with zero attached hydrogens (tertiary/aromatic N) is 4. The van der Waals surface area contributed by atoms with Crippen LogP contribution < -0.4 is 14.8 Å². The standard InChI is InChI=1S/C46H46F3N7O7S/c47-32-15-19-55(26-32)64(61,62)53-38-10-9-37(48)41(42(38)49)43(58)36-24-51-44-35(36)22-30(23-50-44)28-5-3-27(4-6-28)29-13-17-54(18-14-29)16-1-2-20-63-33-7-8-34-31(21-33)25-56(46(34)60)39-11-12-40(57)52-45(39)59/h3-10,21-24,29,32,39,53H,1-2,11-20,25-26H2,(H,50,51)(H,52,57,59)/t32-,39?/m1/s1. The molecule has 0 aliphatic carbocycles. The van der Waals surface area contributed by atoms with Gasteiger partial charge in [0, 0.05) is 60.5 Å². The maximum absolute atomic E-state index is 15.7. The molecule has 2 aromatic heterocycles. The maximum Gasteiger partial charge on any atom is 0.301 e. The topological polar surface area (TPSA) is 174 Å². The number of rotatable bonds is 14. The van der Waals surface area contributed by atoms with Crippen LogP contribution >= 0.6 is 0 Å². The monoisotopic (exact) mass is 897 g/mol. The first-order valence-corrected chi connectivity index (χ1v) is 22.9. The molecule has 3 fully saturated rings. The lowest BCUT2D eigenvalue weighted by Crippen LogP contribution is -2.52. The molecule has 0 spiro atoms. The molecule has 0 saturated carbocycles. The Bertz CT molecular complexity index is 2760. The van der Waals surface area contributed by atoms with Crippen molar-refractivity contribution in [3.63, 3.8) is 0 Å². The van der Waals surface area contributed by atoms with E-state index in [1.165, 1.54) is 16.7 Å². The van der Waals surface area contributed by atoms with Gasteiger partial charge in [-0.2, -0.15) is 12.7 Å². The van der Waals surface area contributed by atoms with Crippen LogP contribution in [-0.4, -0.2) is 108 Å². The summed E-state index contributed by atoms with van der Waals surface area (Å²) in [6, 6.07) is 16.3. The Labute approximate surface area is 367 Å². The number of piperidine rings is 2. The van der Waals surface area contributed by atoms with Gasteiger partial charge in [0.15, 0.2) is 5.82 Å². The summed E-state index contributed by atoms with van der Waals surface area (Å²) in [6.45, 7) is 3.25. The van der Waals surface area contributed by atoms with Gasteiger partial charge >= 0.3 is 10.2 Å². The molecule has 334 valence electrons. The average molecular weight is 898 g/mol. The second-order valence-electron chi connectivity index (χ2n) is 16.8. The van der Waals surface area contributed by atoms with Crippen molar-refractivity contribution in [3.8, 4) is 16.9 Å². The fraction of sp³-hybridized carbons (Fsp3) is 0.370. The SMILES string of the molecule is O=C1CCC(N2Cc3cc(OCCCCN4CCC(c5ccc(-c6cnc7[nH]cc(C(=O)c8c(F)ccc(NS(=O)(=O)N9CC[C@@H](F)C9)c8F)c7c6)cc5)CC4)ccc3C2=O)C(=O)N1. The van der Waals surface area contributed by atoms with Gasteiger partial charge in [0.05, 0.1) is 17.9 Å². The number of carbonyl (C=O) groups is 4. The van der Waals surface area contributed by atoms with Gasteiger partial charge < -0.3 is 19.5 Å². The average Bonchev–Trinajstić information content (AvgIpc) is 4.01. The van der Waals surface area contributed by atoms with Crippen LogP contribution in [0.15, 0.2) is 73.1 Å². The molecule has 18 heteroatoms. The molecular formula is C46H46F3N7O7S. The number of aromatic nitrogens is 2. The Balaban J connectivity index is 0.759. The van der Waals surface area contributed by atoms with Crippen LogP contribution in [0.4, 0.5) is 18.9 Å². The predicted octanol–water partition coefficient (Wildman–Crippen LogP) is 6.24. The van der Waals surface area contributed by atoms with Crippen molar-refractivity contribution in [2.45, 2.75) is 69.6 Å². The number of unbranched alkanes of at least 4 members (excludes halogenated alkanes) is 1. The van der Waals surface area contributed by atoms with Gasteiger partial charge in [-0.15, -0.1) is 0 Å². The second kappa shape index (κ2) is 17.8. The van der Waals surface area contributed by atoms with Gasteiger partial charge in [-0.25, -0.2) is 18.2 Å². The molecule has 3 N–H and O–H groups in total. The van der Waals surface area contributed by atoms with Crippen molar-refractivity contribution in [3.05, 3.63) is 113 Å². The lowest BCUT2D eigenvalue weighted by molar-refractivity contribution is -0.136. The number of likely N-dealkylation sites (tertiary alicyclic amines) is 1. The minimum Gasteiger partial charge on any atom is -0.494 e. The Kier molecular flexibility index (Phi) is 12.0. The Morgan fingerprint density at radius 1 is 0.922 bits per heavy atom. The number of fused-ring (bicyclic) bond motifs is 2. The quantitative estimate of drug-likeness (QED) is 0.0663. The van der Waals surface area contributed by atoms with Crippen LogP contribution in [0.1, 0.15) is 88.3 Å². The summed E-state index contributed by atoms with van der Waals surface area (Å²) in [5.74, 6) is -3.44. The minimum atomic E-state index is -4.35. The molecule has 3 aromatic carbocycles. The number of pyridine rings is 1. The summed E-state index contributed by atoms with van der Waals surface area (Å²) in [5.41, 5.74) is 2.83. The van der Waals surface area contributed by atoms with E-state index < -0.39 is 57.0 Å². The van der Waals surface area contributed by atoms with Crippen molar-refractivity contribution >= 4 is 50.4 Å². The smallest absolute Gasteiger partial charge is 0.301 e. The van der Waals surface area contributed by atoms with E-state index in [1.54, 1.807) is 24.4 Å². The first-order valence-electron chi connectivity index (χ1n) is 21.5. The van der Waals surface area contributed by atoms with E-state index >= 15 is 8.78 Å². The van der Waals surface area contributed by atoms with Crippen molar-refractivity contribution in [1.29, 1.82) is 0 Å². The zero-order valence-corrected chi connectivity index (χ0v) is 35.6. The molecule has 2 atom stereocenters. The molecule has 0 radical (unpaired) electrons. The summed E-state index contributed by atoms with van der Waals surface area (Å²) in [5, 5.41) is 2.66. The van der Waals surface area contributed by atoms with Gasteiger partial charge in [0.25, 0.3) is 5.91 Å². The molecule has 14 nitrogen and oxygen atoms in total. The largest absolute Gasteiger partial charge is 0.494 e. The van der Waals surface area contributed by atoms with E-state index in [2.05, 4.69) is 32.3 Å². The summed E-state index contributed by atoms with van der Waals surface area (Å²) >= 11 is 0. The first kappa shape index (κ1) is 43.2. The number of anilines is 1. The molecule has 5 aromatic rings. The van der Waals surface area contributed by atoms with E-state index in [-0.39, 0.29) is 43.3 Å². The maximum atomic E-state index is 15.7. The Morgan fingerprint density at radius 2 is 1.72 bits per heavy atom. The molecule has 9 rings (SSSR count). The minimum absolute atomic E-state index is 0.00296. The van der Waals surface area contributed by atoms with Crippen LogP contribution in [0.2, 0.25) is 0 Å². The molecule has 3 amide bonds. The van der Waals surface area contributed by atoms with Gasteiger partial charge in [0.2, 0.25) is 17.6 Å². The third-order valence-corrected chi connectivity index (χ3v) is 14.2. The van der Waals surface area contributed by atoms with Gasteiger partial charge in [-0.1, -0.05) is 24.3 Å². The van der Waals surface area contributed by atoms with Crippen LogP contribution in [0, 0.1) is 11.6 Å². The summed E-state index contributed by atoms with van der Waals surface area (Å²) in [7, 11) is -4.35. The predicted molar refractivity (Wildman–Crippen MR) is 231 cm³/mol. The number of hydrogen-bond acceptors (Lipinski definition) is 9. The van der Waals surface area contributed by atoms with Gasteiger partial charge in [-0.05, 0) is 117 Å². The number of imide groups is 1. The molecule has 64 heavy (non-hydrogen) atoms. The number of nitrogens with one attached hydrogen (secondary N) is 3. The number of halogens is 3. The van der Waals surface area contributed by atoms with Crippen molar-refractivity contribution in [1.82, 2.24) is 29.4 Å². The van der Waals surface area contributed by atoms with E-state index in [4.69, 9.17) is 4.74 Å². The van der Waals surface area contributed by atoms with E-state index in [9.17, 15) is 32.0 Å². The molecule has 4 aliphatic rings. The van der Waals surface area contributed by atoms with E-state index in [1.807, 2.05) is 22.9 Å². The van der Waals surface area contributed by atoms with E-state index in [0.29, 0.717) is 53.4 Å².